The lowest BCUT2D eigenvalue weighted by Gasteiger charge is -2.17. The Labute approximate surface area is 117 Å². The number of nitrogens with two attached hydrogens (primary N) is 1. The number of hydrogen-bond donors (Lipinski definition) is 1. The highest BCUT2D eigenvalue weighted by molar-refractivity contribution is 5.80. The molecule has 2 aromatic carbocycles. The van der Waals surface area contributed by atoms with E-state index in [4.69, 9.17) is 5.73 Å². The fourth-order valence-electron chi connectivity index (χ4n) is 2.61. The molecular formula is C17H17FN2. The Bertz CT molecular complexity index is 703. The van der Waals surface area contributed by atoms with Gasteiger partial charge in [0.15, 0.2) is 0 Å². The quantitative estimate of drug-likeness (QED) is 0.771. The third-order valence-corrected chi connectivity index (χ3v) is 3.71. The van der Waals surface area contributed by atoms with Crippen molar-refractivity contribution in [2.75, 3.05) is 6.54 Å². The Balaban J connectivity index is 1.92. The van der Waals surface area contributed by atoms with Crippen LogP contribution in [0.4, 0.5) is 4.39 Å². The second kappa shape index (κ2) is 5.47. The summed E-state index contributed by atoms with van der Waals surface area (Å²) in [4.78, 5) is 0. The van der Waals surface area contributed by atoms with Crippen molar-refractivity contribution in [2.45, 2.75) is 12.5 Å². The van der Waals surface area contributed by atoms with Crippen LogP contribution >= 0.6 is 0 Å². The third kappa shape index (κ3) is 2.45. The minimum Gasteiger partial charge on any atom is -0.347 e. The van der Waals surface area contributed by atoms with Gasteiger partial charge in [-0.15, -0.1) is 0 Å². The third-order valence-electron chi connectivity index (χ3n) is 3.71. The molecule has 0 bridgehead atoms. The largest absolute Gasteiger partial charge is 0.347 e. The molecule has 3 heteroatoms. The predicted molar refractivity (Wildman–Crippen MR) is 80.1 cm³/mol. The number of nitrogens with zero attached hydrogens (tertiary/aromatic N) is 1. The summed E-state index contributed by atoms with van der Waals surface area (Å²) in [5, 5.41) is 0.925. The molecule has 0 saturated heterocycles. The van der Waals surface area contributed by atoms with E-state index in [0.29, 0.717) is 6.54 Å². The van der Waals surface area contributed by atoms with Crippen molar-refractivity contribution in [1.82, 2.24) is 4.57 Å². The summed E-state index contributed by atoms with van der Waals surface area (Å²) in [6, 6.07) is 17.1. The minimum absolute atomic E-state index is 0.200. The molecule has 1 unspecified atom stereocenters. The summed E-state index contributed by atoms with van der Waals surface area (Å²) in [6.45, 7) is 1.39. The first kappa shape index (κ1) is 12.9. The van der Waals surface area contributed by atoms with Gasteiger partial charge in [0, 0.05) is 36.1 Å². The molecule has 3 rings (SSSR count). The molecule has 0 radical (unpaired) electrons. The van der Waals surface area contributed by atoms with Crippen LogP contribution in [0.1, 0.15) is 11.5 Å². The van der Waals surface area contributed by atoms with Crippen LogP contribution in [-0.4, -0.2) is 11.1 Å². The lowest BCUT2D eigenvalue weighted by Crippen LogP contribution is -2.18. The SMILES string of the molecule is NCC(Cn1ccc2cc(F)ccc21)c1ccccc1. The summed E-state index contributed by atoms with van der Waals surface area (Å²) in [6.07, 6.45) is 2.00. The Kier molecular flexibility index (Phi) is 3.52. The average Bonchev–Trinajstić information content (AvgIpc) is 2.87. The monoisotopic (exact) mass is 268 g/mol. The zero-order chi connectivity index (χ0) is 13.9. The van der Waals surface area contributed by atoms with Gasteiger partial charge in [0.25, 0.3) is 0 Å². The first-order valence-corrected chi connectivity index (χ1v) is 6.77. The van der Waals surface area contributed by atoms with Crippen molar-refractivity contribution in [1.29, 1.82) is 0 Å². The van der Waals surface area contributed by atoms with Crippen LogP contribution in [0.2, 0.25) is 0 Å². The highest BCUT2D eigenvalue weighted by atomic mass is 19.1. The van der Waals surface area contributed by atoms with Crippen molar-refractivity contribution in [3.8, 4) is 0 Å². The second-order valence-electron chi connectivity index (χ2n) is 5.01. The van der Waals surface area contributed by atoms with E-state index in [1.165, 1.54) is 11.6 Å². The average molecular weight is 268 g/mol. The predicted octanol–water partition coefficient (Wildman–Crippen LogP) is 3.52. The van der Waals surface area contributed by atoms with Crippen LogP contribution in [0.3, 0.4) is 0 Å². The normalized spacial score (nSPS) is 12.7. The van der Waals surface area contributed by atoms with Crippen molar-refractivity contribution < 1.29 is 4.39 Å². The van der Waals surface area contributed by atoms with Gasteiger partial charge in [0.2, 0.25) is 0 Å². The van der Waals surface area contributed by atoms with Crippen LogP contribution in [0.15, 0.2) is 60.8 Å². The van der Waals surface area contributed by atoms with Crippen molar-refractivity contribution in [3.05, 3.63) is 72.2 Å². The van der Waals surface area contributed by atoms with Crippen LogP contribution in [0.25, 0.3) is 10.9 Å². The maximum absolute atomic E-state index is 13.2. The molecule has 20 heavy (non-hydrogen) atoms. The fraction of sp³-hybridized carbons (Fsp3) is 0.176. The first-order chi connectivity index (χ1) is 9.78. The van der Waals surface area contributed by atoms with E-state index in [9.17, 15) is 4.39 Å². The molecule has 0 aliphatic heterocycles. The zero-order valence-electron chi connectivity index (χ0n) is 11.2. The number of aromatic nitrogens is 1. The number of hydrogen-bond acceptors (Lipinski definition) is 1. The van der Waals surface area contributed by atoms with Gasteiger partial charge >= 0.3 is 0 Å². The molecule has 0 spiro atoms. The van der Waals surface area contributed by atoms with Crippen molar-refractivity contribution >= 4 is 10.9 Å². The molecule has 1 aromatic heterocycles. The van der Waals surface area contributed by atoms with Gasteiger partial charge in [0.05, 0.1) is 0 Å². The molecule has 102 valence electrons. The van der Waals surface area contributed by atoms with Gasteiger partial charge in [-0.05, 0) is 29.8 Å². The van der Waals surface area contributed by atoms with E-state index in [1.54, 1.807) is 6.07 Å². The van der Waals surface area contributed by atoms with Gasteiger partial charge in [-0.3, -0.25) is 0 Å². The molecule has 0 saturated carbocycles. The molecule has 0 fully saturated rings. The molecule has 0 amide bonds. The highest BCUT2D eigenvalue weighted by Gasteiger charge is 2.11. The number of halogens is 1. The van der Waals surface area contributed by atoms with E-state index < -0.39 is 0 Å². The smallest absolute Gasteiger partial charge is 0.123 e. The van der Waals surface area contributed by atoms with E-state index in [2.05, 4.69) is 16.7 Å². The Hall–Kier alpha value is -2.13. The molecule has 1 heterocycles. The summed E-state index contributed by atoms with van der Waals surface area (Å²) in [7, 11) is 0. The van der Waals surface area contributed by atoms with Crippen LogP contribution in [-0.2, 0) is 6.54 Å². The Morgan fingerprint density at radius 3 is 2.60 bits per heavy atom. The Morgan fingerprint density at radius 2 is 1.85 bits per heavy atom. The van der Waals surface area contributed by atoms with Crippen molar-refractivity contribution in [3.63, 3.8) is 0 Å². The van der Waals surface area contributed by atoms with Crippen LogP contribution in [0.5, 0.6) is 0 Å². The van der Waals surface area contributed by atoms with Gasteiger partial charge in [-0.25, -0.2) is 4.39 Å². The number of fused-ring (bicyclic) bond motifs is 1. The molecule has 2 nitrogen and oxygen atoms in total. The summed E-state index contributed by atoms with van der Waals surface area (Å²) in [5.41, 5.74) is 8.19. The topological polar surface area (TPSA) is 30.9 Å². The molecule has 3 aromatic rings. The Morgan fingerprint density at radius 1 is 1.05 bits per heavy atom. The standard InChI is InChI=1S/C17H17FN2/c18-16-6-7-17-14(10-16)8-9-20(17)12-15(11-19)13-4-2-1-3-5-13/h1-10,15H,11-12,19H2. The van der Waals surface area contributed by atoms with Crippen LogP contribution in [0, 0.1) is 5.82 Å². The summed E-state index contributed by atoms with van der Waals surface area (Å²) < 4.78 is 15.3. The number of benzene rings is 2. The lowest BCUT2D eigenvalue weighted by molar-refractivity contribution is 0.580. The fourth-order valence-corrected chi connectivity index (χ4v) is 2.61. The van der Waals surface area contributed by atoms with E-state index in [1.807, 2.05) is 36.5 Å². The number of rotatable bonds is 4. The molecular weight excluding hydrogens is 251 g/mol. The van der Waals surface area contributed by atoms with Crippen molar-refractivity contribution in [2.24, 2.45) is 5.73 Å². The van der Waals surface area contributed by atoms with Gasteiger partial charge in [-0.2, -0.15) is 0 Å². The molecule has 0 aliphatic rings. The van der Waals surface area contributed by atoms with E-state index in [0.717, 1.165) is 17.4 Å². The van der Waals surface area contributed by atoms with Crippen LogP contribution < -0.4 is 5.73 Å². The zero-order valence-corrected chi connectivity index (χ0v) is 11.2. The maximum Gasteiger partial charge on any atom is 0.123 e. The second-order valence-corrected chi connectivity index (χ2v) is 5.01. The van der Waals surface area contributed by atoms with Gasteiger partial charge in [0.1, 0.15) is 5.82 Å². The van der Waals surface area contributed by atoms with Gasteiger partial charge in [-0.1, -0.05) is 30.3 Å². The van der Waals surface area contributed by atoms with E-state index >= 15 is 0 Å². The molecule has 1 atom stereocenters. The maximum atomic E-state index is 13.2. The molecule has 0 aliphatic carbocycles. The molecule has 2 N–H and O–H groups in total. The summed E-state index contributed by atoms with van der Waals surface area (Å²) >= 11 is 0. The highest BCUT2D eigenvalue weighted by Crippen LogP contribution is 2.22. The first-order valence-electron chi connectivity index (χ1n) is 6.77. The summed E-state index contributed by atoms with van der Waals surface area (Å²) in [5.74, 6) is 0.0607. The van der Waals surface area contributed by atoms with Gasteiger partial charge < -0.3 is 10.3 Å². The van der Waals surface area contributed by atoms with E-state index in [-0.39, 0.29) is 11.7 Å². The lowest BCUT2D eigenvalue weighted by atomic mass is 9.99. The minimum atomic E-state index is -0.200.